The van der Waals surface area contributed by atoms with Crippen molar-refractivity contribution in [3.63, 3.8) is 0 Å². The normalized spacial score (nSPS) is 10.6. The predicted octanol–water partition coefficient (Wildman–Crippen LogP) is 2.36. The van der Waals surface area contributed by atoms with Gasteiger partial charge in [-0.1, -0.05) is 12.6 Å². The molecule has 1 aromatic carbocycles. The molecule has 2 aromatic rings. The zero-order valence-electron chi connectivity index (χ0n) is 7.29. The molecule has 0 spiro atoms. The fourth-order valence-corrected chi connectivity index (χ4v) is 1.38. The second kappa shape index (κ2) is 2.69. The molecule has 0 atom stereocenters. The van der Waals surface area contributed by atoms with Crippen molar-refractivity contribution in [2.24, 2.45) is 7.05 Å². The number of nitrogens with zero attached hydrogens (tertiary/aromatic N) is 2. The molecule has 0 saturated heterocycles. The van der Waals surface area contributed by atoms with Gasteiger partial charge in [-0.05, 0) is 18.2 Å². The lowest BCUT2D eigenvalue weighted by Crippen LogP contribution is -1.89. The molecule has 0 N–H and O–H groups in total. The molecule has 0 amide bonds. The van der Waals surface area contributed by atoms with E-state index < -0.39 is 0 Å². The van der Waals surface area contributed by atoms with Gasteiger partial charge in [-0.25, -0.2) is 9.37 Å². The molecule has 0 saturated carbocycles. The van der Waals surface area contributed by atoms with Crippen molar-refractivity contribution in [3.8, 4) is 0 Å². The Morgan fingerprint density at radius 2 is 2.31 bits per heavy atom. The van der Waals surface area contributed by atoms with Crippen LogP contribution in [-0.2, 0) is 7.05 Å². The number of fused-ring (bicyclic) bond motifs is 1. The van der Waals surface area contributed by atoms with Crippen molar-refractivity contribution in [3.05, 3.63) is 36.4 Å². The van der Waals surface area contributed by atoms with Crippen LogP contribution in [-0.4, -0.2) is 9.55 Å². The van der Waals surface area contributed by atoms with E-state index in [1.807, 2.05) is 17.7 Å². The van der Waals surface area contributed by atoms with Gasteiger partial charge < -0.3 is 4.57 Å². The molecule has 3 heteroatoms. The number of aryl methyl sites for hydroxylation is 1. The van der Waals surface area contributed by atoms with E-state index >= 15 is 0 Å². The van der Waals surface area contributed by atoms with Gasteiger partial charge in [0.15, 0.2) is 5.82 Å². The lowest BCUT2D eigenvalue weighted by molar-refractivity contribution is 0.637. The van der Waals surface area contributed by atoms with Gasteiger partial charge in [-0.15, -0.1) is 0 Å². The molecule has 2 nitrogen and oxygen atoms in total. The van der Waals surface area contributed by atoms with Crippen LogP contribution in [0.5, 0.6) is 0 Å². The van der Waals surface area contributed by atoms with Gasteiger partial charge in [0.2, 0.25) is 0 Å². The van der Waals surface area contributed by atoms with Crippen LogP contribution in [0.1, 0.15) is 5.82 Å². The van der Waals surface area contributed by atoms with E-state index in [-0.39, 0.29) is 5.82 Å². The van der Waals surface area contributed by atoms with Gasteiger partial charge in [-0.3, -0.25) is 0 Å². The third kappa shape index (κ3) is 1.04. The molecule has 13 heavy (non-hydrogen) atoms. The van der Waals surface area contributed by atoms with E-state index in [1.165, 1.54) is 6.07 Å². The van der Waals surface area contributed by atoms with Gasteiger partial charge in [0, 0.05) is 7.05 Å². The van der Waals surface area contributed by atoms with Crippen molar-refractivity contribution in [1.29, 1.82) is 0 Å². The molecule has 0 fully saturated rings. The molecule has 0 aliphatic rings. The molecule has 0 aliphatic carbocycles. The Labute approximate surface area is 75.3 Å². The van der Waals surface area contributed by atoms with Crippen molar-refractivity contribution >= 4 is 17.1 Å². The molecule has 2 rings (SSSR count). The second-order valence-corrected chi connectivity index (χ2v) is 2.84. The molecule has 0 radical (unpaired) electrons. The minimum Gasteiger partial charge on any atom is -0.328 e. The van der Waals surface area contributed by atoms with E-state index in [0.717, 1.165) is 5.52 Å². The Bertz CT molecular complexity index is 471. The summed E-state index contributed by atoms with van der Waals surface area (Å²) >= 11 is 0. The summed E-state index contributed by atoms with van der Waals surface area (Å²) in [5, 5.41) is 0. The van der Waals surface area contributed by atoms with E-state index in [9.17, 15) is 4.39 Å². The first-order chi connectivity index (χ1) is 6.24. The Kier molecular flexibility index (Phi) is 1.65. The summed E-state index contributed by atoms with van der Waals surface area (Å²) in [4.78, 5) is 4.10. The van der Waals surface area contributed by atoms with Gasteiger partial charge in [0.05, 0.1) is 5.52 Å². The highest BCUT2D eigenvalue weighted by molar-refractivity contribution is 5.78. The van der Waals surface area contributed by atoms with Crippen LogP contribution in [0.15, 0.2) is 24.8 Å². The summed E-state index contributed by atoms with van der Waals surface area (Å²) in [7, 11) is 1.84. The molecule has 66 valence electrons. The third-order valence-electron chi connectivity index (χ3n) is 2.08. The monoisotopic (exact) mass is 176 g/mol. The highest BCUT2D eigenvalue weighted by Gasteiger charge is 2.07. The zero-order chi connectivity index (χ0) is 9.42. The standard InChI is InChI=1S/C10H9FN2/c1-3-9-12-10-7(11)5-4-6-8(10)13(9)2/h3-6H,1H2,2H3. The van der Waals surface area contributed by atoms with Gasteiger partial charge in [-0.2, -0.15) is 0 Å². The minimum atomic E-state index is -0.291. The van der Waals surface area contributed by atoms with E-state index in [2.05, 4.69) is 11.6 Å². The Morgan fingerprint density at radius 3 is 2.92 bits per heavy atom. The van der Waals surface area contributed by atoms with Gasteiger partial charge in [0.25, 0.3) is 0 Å². The fraction of sp³-hybridized carbons (Fsp3) is 0.100. The third-order valence-corrected chi connectivity index (χ3v) is 2.08. The summed E-state index contributed by atoms with van der Waals surface area (Å²) in [6.07, 6.45) is 1.61. The van der Waals surface area contributed by atoms with Crippen LogP contribution < -0.4 is 0 Å². The van der Waals surface area contributed by atoms with Crippen LogP contribution in [0.4, 0.5) is 4.39 Å². The quantitative estimate of drug-likeness (QED) is 0.652. The first-order valence-corrected chi connectivity index (χ1v) is 3.97. The number of halogens is 1. The average molecular weight is 176 g/mol. The van der Waals surface area contributed by atoms with E-state index in [1.54, 1.807) is 12.1 Å². The second-order valence-electron chi connectivity index (χ2n) is 2.84. The average Bonchev–Trinajstić information content (AvgIpc) is 2.45. The van der Waals surface area contributed by atoms with Crippen LogP contribution in [0, 0.1) is 5.82 Å². The fourth-order valence-electron chi connectivity index (χ4n) is 1.38. The SMILES string of the molecule is C=Cc1nc2c(F)cccc2n1C. The topological polar surface area (TPSA) is 17.8 Å². The lowest BCUT2D eigenvalue weighted by Gasteiger charge is -1.95. The Morgan fingerprint density at radius 1 is 1.54 bits per heavy atom. The predicted molar refractivity (Wildman–Crippen MR) is 50.8 cm³/mol. The van der Waals surface area contributed by atoms with Crippen molar-refractivity contribution in [2.75, 3.05) is 0 Å². The number of rotatable bonds is 1. The van der Waals surface area contributed by atoms with Crippen LogP contribution in [0.3, 0.4) is 0 Å². The maximum Gasteiger partial charge on any atom is 0.151 e. The number of imidazole rings is 1. The maximum absolute atomic E-state index is 13.2. The molecular formula is C10H9FN2. The summed E-state index contributed by atoms with van der Waals surface area (Å²) in [5.41, 5.74) is 1.19. The Hall–Kier alpha value is -1.64. The number of hydrogen-bond acceptors (Lipinski definition) is 1. The molecule has 1 heterocycles. The zero-order valence-corrected chi connectivity index (χ0v) is 7.29. The molecule has 0 bridgehead atoms. The first-order valence-electron chi connectivity index (χ1n) is 3.97. The largest absolute Gasteiger partial charge is 0.328 e. The molecular weight excluding hydrogens is 167 g/mol. The maximum atomic E-state index is 13.2. The summed E-state index contributed by atoms with van der Waals surface area (Å²) < 4.78 is 15.0. The summed E-state index contributed by atoms with van der Waals surface area (Å²) in [5.74, 6) is 0.390. The molecule has 0 aliphatic heterocycles. The number of benzene rings is 1. The van der Waals surface area contributed by atoms with Gasteiger partial charge in [0.1, 0.15) is 11.3 Å². The summed E-state index contributed by atoms with van der Waals surface area (Å²) in [6, 6.07) is 4.91. The smallest absolute Gasteiger partial charge is 0.151 e. The first kappa shape index (κ1) is 7.98. The Balaban J connectivity index is 2.91. The van der Waals surface area contributed by atoms with Crippen molar-refractivity contribution < 1.29 is 4.39 Å². The highest BCUT2D eigenvalue weighted by atomic mass is 19.1. The summed E-state index contributed by atoms with van der Waals surface area (Å²) in [6.45, 7) is 3.61. The van der Waals surface area contributed by atoms with Crippen LogP contribution >= 0.6 is 0 Å². The number of hydrogen-bond donors (Lipinski definition) is 0. The van der Waals surface area contributed by atoms with E-state index in [4.69, 9.17) is 0 Å². The minimum absolute atomic E-state index is 0.291. The van der Waals surface area contributed by atoms with E-state index in [0.29, 0.717) is 11.3 Å². The molecule has 0 unspecified atom stereocenters. The van der Waals surface area contributed by atoms with Crippen molar-refractivity contribution in [1.82, 2.24) is 9.55 Å². The lowest BCUT2D eigenvalue weighted by atomic mass is 10.3. The van der Waals surface area contributed by atoms with Crippen molar-refractivity contribution in [2.45, 2.75) is 0 Å². The van der Waals surface area contributed by atoms with Crippen LogP contribution in [0.2, 0.25) is 0 Å². The molecule has 1 aromatic heterocycles. The number of para-hydroxylation sites is 1. The van der Waals surface area contributed by atoms with Gasteiger partial charge >= 0.3 is 0 Å². The number of aromatic nitrogens is 2. The highest BCUT2D eigenvalue weighted by Crippen LogP contribution is 2.17. The van der Waals surface area contributed by atoms with Crippen LogP contribution in [0.25, 0.3) is 17.1 Å².